The number of fused-ring (bicyclic) bond motifs is 1. The lowest BCUT2D eigenvalue weighted by atomic mass is 10.1. The Morgan fingerprint density at radius 2 is 1.87 bits per heavy atom. The number of pyridine rings is 1. The van der Waals surface area contributed by atoms with Crippen molar-refractivity contribution in [3.8, 4) is 5.75 Å². The van der Waals surface area contributed by atoms with E-state index in [4.69, 9.17) is 4.74 Å². The van der Waals surface area contributed by atoms with Gasteiger partial charge in [0.05, 0.1) is 0 Å². The van der Waals surface area contributed by atoms with Crippen molar-refractivity contribution in [2.45, 2.75) is 26.4 Å². The topological polar surface area (TPSA) is 23.4 Å². The zero-order valence-electron chi connectivity index (χ0n) is 9.37. The first kappa shape index (κ1) is 9.97. The molecular formula is C13H16NO+. The minimum Gasteiger partial charge on any atom is -0.488 e. The van der Waals surface area contributed by atoms with Crippen LogP contribution in [0.3, 0.4) is 0 Å². The van der Waals surface area contributed by atoms with Crippen LogP contribution >= 0.6 is 0 Å². The Morgan fingerprint density at radius 3 is 2.60 bits per heavy atom. The fourth-order valence-electron chi connectivity index (χ4n) is 1.52. The lowest BCUT2D eigenvalue weighted by Gasteiger charge is -2.21. The molecule has 2 rings (SSSR count). The van der Waals surface area contributed by atoms with Crippen molar-refractivity contribution in [3.05, 3.63) is 36.7 Å². The third kappa shape index (κ3) is 2.46. The fraction of sp³-hybridized carbons (Fsp3) is 0.308. The maximum Gasteiger partial charge on any atom is 0.174 e. The number of rotatable bonds is 1. The highest BCUT2D eigenvalue weighted by Gasteiger charge is 2.11. The molecule has 0 aliphatic heterocycles. The standard InChI is InChI=1S/C13H15NO/c1-13(2,3)15-12-5-4-11-9-14-7-6-10(11)8-12/h4-9H,1-3H3/p+1. The molecular weight excluding hydrogens is 186 g/mol. The van der Waals surface area contributed by atoms with E-state index in [0.29, 0.717) is 0 Å². The summed E-state index contributed by atoms with van der Waals surface area (Å²) in [5.41, 5.74) is -0.144. The third-order valence-electron chi connectivity index (χ3n) is 2.08. The van der Waals surface area contributed by atoms with Gasteiger partial charge < -0.3 is 4.74 Å². The van der Waals surface area contributed by atoms with E-state index >= 15 is 0 Å². The summed E-state index contributed by atoms with van der Waals surface area (Å²) in [5.74, 6) is 0.918. The molecule has 1 aromatic heterocycles. The van der Waals surface area contributed by atoms with E-state index in [1.165, 1.54) is 10.8 Å². The molecule has 0 amide bonds. The molecule has 0 atom stereocenters. The summed E-state index contributed by atoms with van der Waals surface area (Å²) >= 11 is 0. The van der Waals surface area contributed by atoms with Crippen LogP contribution in [0, 0.1) is 0 Å². The quantitative estimate of drug-likeness (QED) is 0.697. The van der Waals surface area contributed by atoms with Gasteiger partial charge in [0.25, 0.3) is 0 Å². The highest BCUT2D eigenvalue weighted by molar-refractivity contribution is 5.82. The maximum atomic E-state index is 5.80. The van der Waals surface area contributed by atoms with E-state index < -0.39 is 0 Å². The summed E-state index contributed by atoms with van der Waals surface area (Å²) in [7, 11) is 0. The van der Waals surface area contributed by atoms with Gasteiger partial charge in [0.15, 0.2) is 12.4 Å². The molecule has 15 heavy (non-hydrogen) atoms. The summed E-state index contributed by atoms with van der Waals surface area (Å²) in [6.45, 7) is 6.15. The van der Waals surface area contributed by atoms with Crippen LogP contribution in [0.1, 0.15) is 20.8 Å². The zero-order chi connectivity index (χ0) is 10.9. The summed E-state index contributed by atoms with van der Waals surface area (Å²) in [4.78, 5) is 3.06. The Bertz CT molecular complexity index is 471. The Hall–Kier alpha value is -1.57. The molecule has 0 bridgehead atoms. The first-order valence-corrected chi connectivity index (χ1v) is 5.13. The van der Waals surface area contributed by atoms with Crippen LogP contribution in [0.2, 0.25) is 0 Å². The smallest absolute Gasteiger partial charge is 0.174 e. The van der Waals surface area contributed by atoms with Crippen molar-refractivity contribution in [1.82, 2.24) is 0 Å². The van der Waals surface area contributed by atoms with Crippen molar-refractivity contribution in [3.63, 3.8) is 0 Å². The van der Waals surface area contributed by atoms with Gasteiger partial charge in [0.1, 0.15) is 11.4 Å². The second-order valence-corrected chi connectivity index (χ2v) is 4.65. The number of benzene rings is 1. The van der Waals surface area contributed by atoms with Crippen molar-refractivity contribution < 1.29 is 9.72 Å². The lowest BCUT2D eigenvalue weighted by Crippen LogP contribution is -2.22. The molecule has 1 heterocycles. The Kier molecular flexibility index (Phi) is 2.35. The molecule has 0 fully saturated rings. The largest absolute Gasteiger partial charge is 0.488 e. The van der Waals surface area contributed by atoms with Gasteiger partial charge >= 0.3 is 0 Å². The molecule has 78 valence electrons. The Labute approximate surface area is 89.9 Å². The minimum atomic E-state index is -0.144. The van der Waals surface area contributed by atoms with Crippen LogP contribution in [0.25, 0.3) is 10.8 Å². The number of nitrogens with one attached hydrogen (secondary N) is 1. The van der Waals surface area contributed by atoms with Crippen LogP contribution in [-0.4, -0.2) is 5.60 Å². The molecule has 0 aliphatic carbocycles. The van der Waals surface area contributed by atoms with Crippen LogP contribution < -0.4 is 9.72 Å². The van der Waals surface area contributed by atoms with Crippen LogP contribution in [0.5, 0.6) is 5.75 Å². The van der Waals surface area contributed by atoms with Gasteiger partial charge in [-0.15, -0.1) is 0 Å². The number of aromatic nitrogens is 1. The molecule has 2 heteroatoms. The van der Waals surface area contributed by atoms with Gasteiger partial charge in [-0.2, -0.15) is 0 Å². The molecule has 2 aromatic rings. The highest BCUT2D eigenvalue weighted by Crippen LogP contribution is 2.22. The van der Waals surface area contributed by atoms with Gasteiger partial charge in [-0.3, -0.25) is 0 Å². The molecule has 0 saturated carbocycles. The first-order chi connectivity index (χ1) is 7.04. The first-order valence-electron chi connectivity index (χ1n) is 5.13. The van der Waals surface area contributed by atoms with Crippen molar-refractivity contribution in [2.75, 3.05) is 0 Å². The van der Waals surface area contributed by atoms with E-state index in [1.54, 1.807) is 0 Å². The minimum absolute atomic E-state index is 0.144. The SMILES string of the molecule is CC(C)(C)Oc1ccc2c[nH+]ccc2c1. The van der Waals surface area contributed by atoms with Crippen LogP contribution in [0.4, 0.5) is 0 Å². The van der Waals surface area contributed by atoms with Gasteiger partial charge in [0, 0.05) is 11.5 Å². The predicted octanol–water partition coefficient (Wildman–Crippen LogP) is 2.83. The average molecular weight is 202 g/mol. The molecule has 0 spiro atoms. The van der Waals surface area contributed by atoms with Crippen molar-refractivity contribution in [2.24, 2.45) is 0 Å². The molecule has 2 nitrogen and oxygen atoms in total. The van der Waals surface area contributed by atoms with E-state index in [9.17, 15) is 0 Å². The normalized spacial score (nSPS) is 11.7. The van der Waals surface area contributed by atoms with Gasteiger partial charge in [-0.1, -0.05) is 0 Å². The van der Waals surface area contributed by atoms with Crippen LogP contribution in [-0.2, 0) is 0 Å². The Balaban J connectivity index is 2.39. The molecule has 0 aliphatic rings. The van der Waals surface area contributed by atoms with E-state index in [0.717, 1.165) is 5.75 Å². The monoisotopic (exact) mass is 202 g/mol. The van der Waals surface area contributed by atoms with E-state index in [1.807, 2.05) is 24.5 Å². The maximum absolute atomic E-state index is 5.80. The second kappa shape index (κ2) is 3.54. The van der Waals surface area contributed by atoms with Crippen LogP contribution in [0.15, 0.2) is 36.7 Å². The summed E-state index contributed by atoms with van der Waals surface area (Å²) in [6, 6.07) is 8.17. The van der Waals surface area contributed by atoms with Crippen molar-refractivity contribution in [1.29, 1.82) is 0 Å². The molecule has 0 unspecified atom stereocenters. The number of H-pyrrole nitrogens is 1. The number of aromatic amines is 1. The summed E-state index contributed by atoms with van der Waals surface area (Å²) in [5, 5.41) is 2.38. The highest BCUT2D eigenvalue weighted by atomic mass is 16.5. The lowest BCUT2D eigenvalue weighted by molar-refractivity contribution is -0.375. The molecule has 0 radical (unpaired) electrons. The summed E-state index contributed by atoms with van der Waals surface area (Å²) < 4.78 is 5.80. The van der Waals surface area contributed by atoms with E-state index in [2.05, 4.69) is 37.9 Å². The number of hydrogen-bond acceptors (Lipinski definition) is 1. The second-order valence-electron chi connectivity index (χ2n) is 4.65. The van der Waals surface area contributed by atoms with Crippen molar-refractivity contribution >= 4 is 10.8 Å². The number of ether oxygens (including phenoxy) is 1. The summed E-state index contributed by atoms with van der Waals surface area (Å²) in [6.07, 6.45) is 3.90. The molecule has 1 N–H and O–H groups in total. The fourth-order valence-corrected chi connectivity index (χ4v) is 1.52. The zero-order valence-corrected chi connectivity index (χ0v) is 9.37. The van der Waals surface area contributed by atoms with E-state index in [-0.39, 0.29) is 5.60 Å². The van der Waals surface area contributed by atoms with Gasteiger partial charge in [-0.05, 0) is 44.4 Å². The number of hydrogen-bond donors (Lipinski definition) is 0. The predicted molar refractivity (Wildman–Crippen MR) is 60.9 cm³/mol. The van der Waals surface area contributed by atoms with Gasteiger partial charge in [0.2, 0.25) is 0 Å². The third-order valence-corrected chi connectivity index (χ3v) is 2.08. The molecule has 0 saturated heterocycles. The average Bonchev–Trinajstić information content (AvgIpc) is 2.15. The Morgan fingerprint density at radius 1 is 1.07 bits per heavy atom. The van der Waals surface area contributed by atoms with Gasteiger partial charge in [-0.25, -0.2) is 4.98 Å². The molecule has 1 aromatic carbocycles.